The Bertz CT molecular complexity index is 316. The summed E-state index contributed by atoms with van der Waals surface area (Å²) in [7, 11) is 1.73. The Morgan fingerprint density at radius 2 is 2.29 bits per heavy atom. The van der Waals surface area contributed by atoms with Crippen LogP contribution in [0, 0.1) is 6.92 Å². The van der Waals surface area contributed by atoms with Crippen molar-refractivity contribution in [3.05, 3.63) is 29.3 Å². The fourth-order valence-electron chi connectivity index (χ4n) is 2.18. The molecule has 1 aliphatic rings. The number of rotatable bonds is 2. The Morgan fingerprint density at radius 3 is 2.93 bits per heavy atom. The predicted molar refractivity (Wildman–Crippen MR) is 57.7 cm³/mol. The number of benzene rings is 1. The molecule has 1 aliphatic heterocycles. The number of ether oxygens (including phenoxy) is 1. The van der Waals surface area contributed by atoms with Crippen molar-refractivity contribution in [2.24, 2.45) is 0 Å². The van der Waals surface area contributed by atoms with Crippen LogP contribution in [0.15, 0.2) is 18.2 Å². The van der Waals surface area contributed by atoms with E-state index in [1.165, 1.54) is 24.0 Å². The van der Waals surface area contributed by atoms with Gasteiger partial charge in [0.2, 0.25) is 0 Å². The summed E-state index contributed by atoms with van der Waals surface area (Å²) in [5, 5.41) is 3.51. The molecule has 14 heavy (non-hydrogen) atoms. The summed E-state index contributed by atoms with van der Waals surface area (Å²) in [5.74, 6) is 0.996. The van der Waals surface area contributed by atoms with E-state index < -0.39 is 0 Å². The molecular formula is C12H17NO. The molecule has 0 radical (unpaired) electrons. The molecule has 0 aliphatic carbocycles. The van der Waals surface area contributed by atoms with Gasteiger partial charge in [-0.15, -0.1) is 0 Å². The van der Waals surface area contributed by atoms with E-state index in [-0.39, 0.29) is 0 Å². The minimum absolute atomic E-state index is 0.532. The first-order valence-corrected chi connectivity index (χ1v) is 5.20. The SMILES string of the molecule is COc1cccc([C@@H]2CCCN2)c1C. The van der Waals surface area contributed by atoms with Crippen molar-refractivity contribution in [3.8, 4) is 5.75 Å². The highest BCUT2D eigenvalue weighted by Crippen LogP contribution is 2.30. The van der Waals surface area contributed by atoms with Crippen molar-refractivity contribution >= 4 is 0 Å². The number of hydrogen-bond donors (Lipinski definition) is 1. The van der Waals surface area contributed by atoms with Crippen LogP contribution in [0.1, 0.15) is 30.0 Å². The minimum atomic E-state index is 0.532. The Hall–Kier alpha value is -1.02. The molecule has 1 aromatic carbocycles. The quantitative estimate of drug-likeness (QED) is 0.775. The maximum absolute atomic E-state index is 5.32. The maximum atomic E-state index is 5.32. The topological polar surface area (TPSA) is 21.3 Å². The zero-order chi connectivity index (χ0) is 9.97. The van der Waals surface area contributed by atoms with Gasteiger partial charge in [-0.1, -0.05) is 12.1 Å². The fraction of sp³-hybridized carbons (Fsp3) is 0.500. The van der Waals surface area contributed by atoms with E-state index in [1.807, 2.05) is 6.07 Å². The average Bonchev–Trinajstić information content (AvgIpc) is 2.71. The molecule has 2 heteroatoms. The first-order valence-electron chi connectivity index (χ1n) is 5.20. The lowest BCUT2D eigenvalue weighted by Crippen LogP contribution is -2.14. The minimum Gasteiger partial charge on any atom is -0.496 e. The van der Waals surface area contributed by atoms with Gasteiger partial charge in [-0.25, -0.2) is 0 Å². The summed E-state index contributed by atoms with van der Waals surface area (Å²) in [5.41, 5.74) is 2.66. The third-order valence-electron chi connectivity index (χ3n) is 2.98. The normalized spacial score (nSPS) is 21.1. The van der Waals surface area contributed by atoms with Crippen LogP contribution in [-0.2, 0) is 0 Å². The molecule has 0 aromatic heterocycles. The molecule has 0 saturated carbocycles. The molecule has 76 valence electrons. The highest BCUT2D eigenvalue weighted by atomic mass is 16.5. The summed E-state index contributed by atoms with van der Waals surface area (Å²) < 4.78 is 5.32. The highest BCUT2D eigenvalue weighted by Gasteiger charge is 2.18. The van der Waals surface area contributed by atoms with E-state index in [4.69, 9.17) is 4.74 Å². The second-order valence-corrected chi connectivity index (χ2v) is 3.82. The van der Waals surface area contributed by atoms with Gasteiger partial charge in [-0.05, 0) is 43.5 Å². The lowest BCUT2D eigenvalue weighted by atomic mass is 9.99. The van der Waals surface area contributed by atoms with Gasteiger partial charge in [0, 0.05) is 6.04 Å². The average molecular weight is 191 g/mol. The number of methoxy groups -OCH3 is 1. The highest BCUT2D eigenvalue weighted by molar-refractivity contribution is 5.41. The van der Waals surface area contributed by atoms with Crippen LogP contribution in [0.3, 0.4) is 0 Å². The Labute approximate surface area is 85.3 Å². The van der Waals surface area contributed by atoms with E-state index in [0.29, 0.717) is 6.04 Å². The molecule has 0 amide bonds. The molecule has 0 bridgehead atoms. The van der Waals surface area contributed by atoms with Crippen molar-refractivity contribution < 1.29 is 4.74 Å². The summed E-state index contributed by atoms with van der Waals surface area (Å²) in [4.78, 5) is 0. The Balaban J connectivity index is 2.32. The van der Waals surface area contributed by atoms with Crippen LogP contribution in [-0.4, -0.2) is 13.7 Å². The van der Waals surface area contributed by atoms with Gasteiger partial charge in [0.05, 0.1) is 7.11 Å². The van der Waals surface area contributed by atoms with Gasteiger partial charge in [0.25, 0.3) is 0 Å². The second kappa shape index (κ2) is 4.01. The first kappa shape index (κ1) is 9.53. The monoisotopic (exact) mass is 191 g/mol. The second-order valence-electron chi connectivity index (χ2n) is 3.82. The predicted octanol–water partition coefficient (Wildman–Crippen LogP) is 2.43. The van der Waals surface area contributed by atoms with Gasteiger partial charge in [0.1, 0.15) is 5.75 Å². The van der Waals surface area contributed by atoms with Gasteiger partial charge < -0.3 is 10.1 Å². The van der Waals surface area contributed by atoms with E-state index in [1.54, 1.807) is 7.11 Å². The maximum Gasteiger partial charge on any atom is 0.122 e. The number of nitrogens with one attached hydrogen (secondary N) is 1. The van der Waals surface area contributed by atoms with Crippen LogP contribution in [0.5, 0.6) is 5.75 Å². The molecule has 0 unspecified atom stereocenters. The summed E-state index contributed by atoms with van der Waals surface area (Å²) in [6, 6.07) is 6.82. The third-order valence-corrected chi connectivity index (χ3v) is 2.98. The molecular weight excluding hydrogens is 174 g/mol. The van der Waals surface area contributed by atoms with Gasteiger partial charge >= 0.3 is 0 Å². The van der Waals surface area contributed by atoms with E-state index in [2.05, 4.69) is 24.4 Å². The first-order chi connectivity index (χ1) is 6.83. The molecule has 1 aromatic rings. The van der Waals surface area contributed by atoms with Crippen molar-refractivity contribution in [2.75, 3.05) is 13.7 Å². The third kappa shape index (κ3) is 1.62. The van der Waals surface area contributed by atoms with Crippen molar-refractivity contribution in [1.82, 2.24) is 5.32 Å². The molecule has 1 fully saturated rings. The largest absolute Gasteiger partial charge is 0.496 e. The van der Waals surface area contributed by atoms with Crippen LogP contribution >= 0.6 is 0 Å². The zero-order valence-corrected chi connectivity index (χ0v) is 8.84. The fourth-order valence-corrected chi connectivity index (χ4v) is 2.18. The van der Waals surface area contributed by atoms with E-state index in [9.17, 15) is 0 Å². The molecule has 2 rings (SSSR count). The van der Waals surface area contributed by atoms with Gasteiger partial charge in [-0.2, -0.15) is 0 Å². The van der Waals surface area contributed by atoms with Crippen molar-refractivity contribution in [1.29, 1.82) is 0 Å². The summed E-state index contributed by atoms with van der Waals surface area (Å²) >= 11 is 0. The van der Waals surface area contributed by atoms with Crippen molar-refractivity contribution in [3.63, 3.8) is 0 Å². The van der Waals surface area contributed by atoms with Crippen LogP contribution in [0.4, 0.5) is 0 Å². The van der Waals surface area contributed by atoms with Crippen LogP contribution in [0.2, 0.25) is 0 Å². The van der Waals surface area contributed by atoms with Crippen LogP contribution in [0.25, 0.3) is 0 Å². The molecule has 1 saturated heterocycles. The molecule has 0 spiro atoms. The number of hydrogen-bond acceptors (Lipinski definition) is 2. The zero-order valence-electron chi connectivity index (χ0n) is 8.84. The Morgan fingerprint density at radius 1 is 1.43 bits per heavy atom. The van der Waals surface area contributed by atoms with Crippen molar-refractivity contribution in [2.45, 2.75) is 25.8 Å². The van der Waals surface area contributed by atoms with E-state index in [0.717, 1.165) is 12.3 Å². The standard InChI is InChI=1S/C12H17NO/c1-9-10(11-6-4-8-13-11)5-3-7-12(9)14-2/h3,5,7,11,13H,4,6,8H2,1-2H3/t11-/m0/s1. The Kier molecular flexibility index (Phi) is 2.73. The van der Waals surface area contributed by atoms with Crippen LogP contribution < -0.4 is 10.1 Å². The van der Waals surface area contributed by atoms with Gasteiger partial charge in [-0.3, -0.25) is 0 Å². The lowest BCUT2D eigenvalue weighted by molar-refractivity contribution is 0.410. The van der Waals surface area contributed by atoms with E-state index >= 15 is 0 Å². The molecule has 1 heterocycles. The lowest BCUT2D eigenvalue weighted by Gasteiger charge is -2.15. The molecule has 2 nitrogen and oxygen atoms in total. The summed E-state index contributed by atoms with van der Waals surface area (Å²) in [6.07, 6.45) is 2.52. The smallest absolute Gasteiger partial charge is 0.122 e. The molecule has 1 atom stereocenters. The summed E-state index contributed by atoms with van der Waals surface area (Å²) in [6.45, 7) is 3.27. The van der Waals surface area contributed by atoms with Gasteiger partial charge in [0.15, 0.2) is 0 Å². The molecule has 1 N–H and O–H groups in total.